The molecule has 0 atom stereocenters. The Morgan fingerprint density at radius 1 is 1.09 bits per heavy atom. The van der Waals surface area contributed by atoms with Gasteiger partial charge in [0.05, 0.1) is 5.52 Å². The van der Waals surface area contributed by atoms with Crippen molar-refractivity contribution in [2.24, 2.45) is 0 Å². The third-order valence-electron chi connectivity index (χ3n) is 5.00. The maximum atomic E-state index is 4.55. The Labute approximate surface area is 136 Å². The number of hydrogen-bond donors (Lipinski definition) is 0. The van der Waals surface area contributed by atoms with Gasteiger partial charge in [0.25, 0.3) is 0 Å². The molecule has 4 rings (SSSR count). The summed E-state index contributed by atoms with van der Waals surface area (Å²) in [5, 5.41) is 1.14. The van der Waals surface area contributed by atoms with E-state index in [2.05, 4.69) is 58.1 Å². The highest BCUT2D eigenvalue weighted by Gasteiger charge is 2.34. The maximum absolute atomic E-state index is 4.55. The molecule has 116 valence electrons. The van der Waals surface area contributed by atoms with Gasteiger partial charge in [0.2, 0.25) is 0 Å². The van der Waals surface area contributed by atoms with E-state index in [1.54, 1.807) is 6.33 Å². The Balaban J connectivity index is 1.57. The lowest BCUT2D eigenvalue weighted by Crippen LogP contribution is -2.42. The van der Waals surface area contributed by atoms with E-state index in [1.165, 1.54) is 11.1 Å². The van der Waals surface area contributed by atoms with E-state index >= 15 is 0 Å². The van der Waals surface area contributed by atoms with Gasteiger partial charge in [-0.15, -0.1) is 0 Å². The van der Waals surface area contributed by atoms with Crippen molar-refractivity contribution in [1.29, 1.82) is 0 Å². The van der Waals surface area contributed by atoms with Crippen molar-refractivity contribution < 1.29 is 0 Å². The zero-order valence-electron chi connectivity index (χ0n) is 13.5. The van der Waals surface area contributed by atoms with Crippen LogP contribution < -0.4 is 4.90 Å². The molecule has 1 aromatic carbocycles. The first kappa shape index (κ1) is 14.1. The normalized spacial score (nSPS) is 20.3. The standard InChI is InChI=1S/C19H20N4/c1-13-5-3-7-17-18(13)21-12-22-19(17)23(2)16-9-15(10-16)14-6-4-8-20-11-14/h3-8,11-12,15-16H,9-10H2,1-2H3. The molecule has 1 fully saturated rings. The van der Waals surface area contributed by atoms with Crippen molar-refractivity contribution in [3.05, 3.63) is 60.2 Å². The van der Waals surface area contributed by atoms with E-state index in [0.29, 0.717) is 12.0 Å². The van der Waals surface area contributed by atoms with Gasteiger partial charge in [-0.1, -0.05) is 18.2 Å². The Bertz CT molecular complexity index is 825. The van der Waals surface area contributed by atoms with Gasteiger partial charge in [-0.05, 0) is 48.9 Å². The fourth-order valence-electron chi connectivity index (χ4n) is 3.47. The summed E-state index contributed by atoms with van der Waals surface area (Å²) in [6.07, 6.45) is 7.81. The van der Waals surface area contributed by atoms with E-state index in [4.69, 9.17) is 0 Å². The Morgan fingerprint density at radius 3 is 2.74 bits per heavy atom. The minimum atomic E-state index is 0.527. The van der Waals surface area contributed by atoms with Crippen LogP contribution in [-0.2, 0) is 0 Å². The first-order chi connectivity index (χ1) is 11.2. The average Bonchev–Trinajstić information content (AvgIpc) is 2.54. The molecule has 3 aromatic rings. The van der Waals surface area contributed by atoms with Crippen LogP contribution >= 0.6 is 0 Å². The predicted molar refractivity (Wildman–Crippen MR) is 92.7 cm³/mol. The monoisotopic (exact) mass is 304 g/mol. The number of aromatic nitrogens is 3. The molecule has 0 bridgehead atoms. The summed E-state index contributed by atoms with van der Waals surface area (Å²) in [5.41, 5.74) is 3.59. The molecule has 0 aliphatic heterocycles. The van der Waals surface area contributed by atoms with Gasteiger partial charge >= 0.3 is 0 Å². The van der Waals surface area contributed by atoms with Gasteiger partial charge in [0.1, 0.15) is 12.1 Å². The second-order valence-electron chi connectivity index (χ2n) is 6.39. The molecule has 2 aromatic heterocycles. The molecule has 1 aliphatic carbocycles. The second kappa shape index (κ2) is 5.61. The summed E-state index contributed by atoms with van der Waals surface area (Å²) >= 11 is 0. The molecule has 1 aliphatic rings. The SMILES string of the molecule is Cc1cccc2c(N(C)C3CC(c4cccnc4)C3)ncnc12. The van der Waals surface area contributed by atoms with Crippen molar-refractivity contribution >= 4 is 16.7 Å². The number of fused-ring (bicyclic) bond motifs is 1. The maximum Gasteiger partial charge on any atom is 0.139 e. The van der Waals surface area contributed by atoms with Crippen molar-refractivity contribution in [3.8, 4) is 0 Å². The highest BCUT2D eigenvalue weighted by molar-refractivity contribution is 5.91. The quantitative estimate of drug-likeness (QED) is 0.739. The minimum Gasteiger partial charge on any atom is -0.356 e. The summed E-state index contributed by atoms with van der Waals surface area (Å²) in [5.74, 6) is 1.65. The Morgan fingerprint density at radius 2 is 1.96 bits per heavy atom. The topological polar surface area (TPSA) is 41.9 Å². The molecule has 0 saturated heterocycles. The molecule has 0 N–H and O–H groups in total. The third kappa shape index (κ3) is 2.44. The van der Waals surface area contributed by atoms with Gasteiger partial charge in [0.15, 0.2) is 0 Å². The van der Waals surface area contributed by atoms with Crippen LogP contribution in [0.2, 0.25) is 0 Å². The van der Waals surface area contributed by atoms with Crippen molar-refractivity contribution in [2.45, 2.75) is 31.7 Å². The molecule has 4 nitrogen and oxygen atoms in total. The van der Waals surface area contributed by atoms with Gasteiger partial charge in [-0.2, -0.15) is 0 Å². The molecule has 4 heteroatoms. The molecule has 0 unspecified atom stereocenters. The van der Waals surface area contributed by atoms with Crippen LogP contribution in [0.1, 0.15) is 29.9 Å². The average molecular weight is 304 g/mol. The van der Waals surface area contributed by atoms with Gasteiger partial charge in [-0.3, -0.25) is 4.98 Å². The molecule has 23 heavy (non-hydrogen) atoms. The fraction of sp³-hybridized carbons (Fsp3) is 0.316. The molecule has 2 heterocycles. The summed E-state index contributed by atoms with van der Waals surface area (Å²) in [4.78, 5) is 15.5. The second-order valence-corrected chi connectivity index (χ2v) is 6.39. The summed E-state index contributed by atoms with van der Waals surface area (Å²) in [6, 6.07) is 11.0. The van der Waals surface area contributed by atoms with E-state index in [-0.39, 0.29) is 0 Å². The molecular weight excluding hydrogens is 284 g/mol. The highest BCUT2D eigenvalue weighted by atomic mass is 15.2. The first-order valence-electron chi connectivity index (χ1n) is 8.07. The van der Waals surface area contributed by atoms with E-state index in [9.17, 15) is 0 Å². The van der Waals surface area contributed by atoms with Gasteiger partial charge in [-0.25, -0.2) is 9.97 Å². The van der Waals surface area contributed by atoms with Crippen LogP contribution in [0, 0.1) is 6.92 Å². The van der Waals surface area contributed by atoms with Crippen molar-refractivity contribution in [2.75, 3.05) is 11.9 Å². The summed E-state index contributed by atoms with van der Waals surface area (Å²) < 4.78 is 0. The van der Waals surface area contributed by atoms with Crippen molar-refractivity contribution in [1.82, 2.24) is 15.0 Å². The van der Waals surface area contributed by atoms with Crippen LogP contribution in [0.25, 0.3) is 10.9 Å². The number of benzene rings is 1. The zero-order chi connectivity index (χ0) is 15.8. The lowest BCUT2D eigenvalue weighted by atomic mass is 9.75. The van der Waals surface area contributed by atoms with Crippen LogP contribution in [-0.4, -0.2) is 28.0 Å². The zero-order valence-corrected chi connectivity index (χ0v) is 13.5. The molecule has 1 saturated carbocycles. The molecule has 0 spiro atoms. The number of aryl methyl sites for hydroxylation is 1. The number of nitrogens with zero attached hydrogens (tertiary/aromatic N) is 4. The van der Waals surface area contributed by atoms with Gasteiger partial charge in [0, 0.05) is 30.9 Å². The number of para-hydroxylation sites is 1. The van der Waals surface area contributed by atoms with Crippen LogP contribution in [0.5, 0.6) is 0 Å². The minimum absolute atomic E-state index is 0.527. The Kier molecular flexibility index (Phi) is 3.45. The molecule has 0 amide bonds. The van der Waals surface area contributed by atoms with E-state index in [1.807, 2.05) is 18.5 Å². The summed E-state index contributed by atoms with van der Waals surface area (Å²) in [6.45, 7) is 2.10. The van der Waals surface area contributed by atoms with Crippen LogP contribution in [0.3, 0.4) is 0 Å². The van der Waals surface area contributed by atoms with Crippen LogP contribution in [0.4, 0.5) is 5.82 Å². The van der Waals surface area contributed by atoms with E-state index in [0.717, 1.165) is 29.6 Å². The molecular formula is C19H20N4. The number of pyridine rings is 1. The van der Waals surface area contributed by atoms with Crippen LogP contribution in [0.15, 0.2) is 49.1 Å². The number of hydrogen-bond acceptors (Lipinski definition) is 4. The summed E-state index contributed by atoms with van der Waals surface area (Å²) in [7, 11) is 2.15. The largest absolute Gasteiger partial charge is 0.356 e. The number of rotatable bonds is 3. The molecule has 0 radical (unpaired) electrons. The predicted octanol–water partition coefficient (Wildman–Crippen LogP) is 3.72. The van der Waals surface area contributed by atoms with Crippen molar-refractivity contribution in [3.63, 3.8) is 0 Å². The lowest BCUT2D eigenvalue weighted by molar-refractivity contribution is 0.338. The first-order valence-corrected chi connectivity index (χ1v) is 8.07. The van der Waals surface area contributed by atoms with E-state index < -0.39 is 0 Å². The third-order valence-corrected chi connectivity index (χ3v) is 5.00. The lowest BCUT2D eigenvalue weighted by Gasteiger charge is -2.42. The number of anilines is 1. The van der Waals surface area contributed by atoms with Gasteiger partial charge < -0.3 is 4.90 Å². The fourth-order valence-corrected chi connectivity index (χ4v) is 3.47. The smallest absolute Gasteiger partial charge is 0.139 e. The Hall–Kier alpha value is -2.49. The highest BCUT2D eigenvalue weighted by Crippen LogP contribution is 2.41.